The molecular formula is C14H23FN4. The number of pyridine rings is 1. The molecule has 1 N–H and O–H groups in total. The van der Waals surface area contributed by atoms with Crippen molar-refractivity contribution in [3.8, 4) is 0 Å². The third kappa shape index (κ3) is 3.04. The summed E-state index contributed by atoms with van der Waals surface area (Å²) in [6.45, 7) is 8.57. The minimum atomic E-state index is -0.186. The van der Waals surface area contributed by atoms with Crippen molar-refractivity contribution in [1.29, 1.82) is 0 Å². The van der Waals surface area contributed by atoms with Crippen LogP contribution in [0.15, 0.2) is 12.3 Å². The van der Waals surface area contributed by atoms with Crippen molar-refractivity contribution in [2.75, 3.05) is 38.1 Å². The number of hydrogen-bond acceptors (Lipinski definition) is 4. The molecule has 1 aromatic heterocycles. The Bertz CT molecular complexity index is 424. The average Bonchev–Trinajstić information content (AvgIpc) is 2.41. The first-order valence-corrected chi connectivity index (χ1v) is 6.94. The van der Waals surface area contributed by atoms with Gasteiger partial charge in [0.1, 0.15) is 0 Å². The molecule has 19 heavy (non-hydrogen) atoms. The van der Waals surface area contributed by atoms with Gasteiger partial charge >= 0.3 is 0 Å². The number of nitrogens with zero attached hydrogens (tertiary/aromatic N) is 3. The molecule has 0 amide bonds. The monoisotopic (exact) mass is 266 g/mol. The third-order valence-corrected chi connectivity index (χ3v) is 3.79. The Morgan fingerprint density at radius 2 is 2.26 bits per heavy atom. The van der Waals surface area contributed by atoms with Crippen LogP contribution < -0.4 is 10.2 Å². The lowest BCUT2D eigenvalue weighted by atomic mass is 10.1. The van der Waals surface area contributed by atoms with E-state index in [0.717, 1.165) is 26.2 Å². The Labute approximate surface area is 114 Å². The second kappa shape index (κ2) is 6.30. The number of likely N-dealkylation sites (N-methyl/N-ethyl adjacent to an activating group) is 1. The van der Waals surface area contributed by atoms with Gasteiger partial charge in [-0.2, -0.15) is 0 Å². The molecule has 1 unspecified atom stereocenters. The van der Waals surface area contributed by atoms with E-state index in [9.17, 15) is 4.39 Å². The van der Waals surface area contributed by atoms with Crippen LogP contribution in [0, 0.1) is 5.82 Å². The lowest BCUT2D eigenvalue weighted by Gasteiger charge is -2.40. The molecule has 0 bridgehead atoms. The minimum absolute atomic E-state index is 0.186. The van der Waals surface area contributed by atoms with E-state index in [0.29, 0.717) is 24.0 Å². The summed E-state index contributed by atoms with van der Waals surface area (Å²) >= 11 is 0. The molecule has 0 saturated carbocycles. The van der Waals surface area contributed by atoms with Gasteiger partial charge in [-0.15, -0.1) is 0 Å². The van der Waals surface area contributed by atoms with Crippen LogP contribution in [0.4, 0.5) is 10.2 Å². The lowest BCUT2D eigenvalue weighted by Crippen LogP contribution is -2.52. The maximum absolute atomic E-state index is 14.4. The average molecular weight is 266 g/mol. The first kappa shape index (κ1) is 14.2. The van der Waals surface area contributed by atoms with Crippen LogP contribution in [0.5, 0.6) is 0 Å². The predicted octanol–water partition coefficient (Wildman–Crippen LogP) is 1.47. The fourth-order valence-electron chi connectivity index (χ4n) is 2.68. The van der Waals surface area contributed by atoms with Gasteiger partial charge in [-0.25, -0.2) is 9.37 Å². The zero-order valence-electron chi connectivity index (χ0n) is 12.0. The van der Waals surface area contributed by atoms with Gasteiger partial charge in [0.15, 0.2) is 11.6 Å². The first-order chi connectivity index (χ1) is 9.17. The fourth-order valence-corrected chi connectivity index (χ4v) is 2.68. The van der Waals surface area contributed by atoms with Crippen LogP contribution in [0.1, 0.15) is 19.4 Å². The maximum Gasteiger partial charge on any atom is 0.170 e. The van der Waals surface area contributed by atoms with E-state index >= 15 is 0 Å². The highest BCUT2D eigenvalue weighted by atomic mass is 19.1. The summed E-state index contributed by atoms with van der Waals surface area (Å²) in [6, 6.07) is 2.18. The SMILES string of the molecule is CCN1CCN(c2nccc(CNC)c2F)CC1C. The Hall–Kier alpha value is -1.20. The summed E-state index contributed by atoms with van der Waals surface area (Å²) in [5, 5.41) is 2.99. The Morgan fingerprint density at radius 3 is 2.89 bits per heavy atom. The molecule has 0 aromatic carbocycles. The fraction of sp³-hybridized carbons (Fsp3) is 0.643. The second-order valence-corrected chi connectivity index (χ2v) is 5.06. The largest absolute Gasteiger partial charge is 0.351 e. The van der Waals surface area contributed by atoms with Gasteiger partial charge in [0.25, 0.3) is 0 Å². The van der Waals surface area contributed by atoms with E-state index in [1.807, 2.05) is 7.05 Å². The van der Waals surface area contributed by atoms with Crippen molar-refractivity contribution in [2.24, 2.45) is 0 Å². The second-order valence-electron chi connectivity index (χ2n) is 5.06. The summed E-state index contributed by atoms with van der Waals surface area (Å²) in [5.74, 6) is 0.310. The van der Waals surface area contributed by atoms with E-state index in [1.54, 1.807) is 12.3 Å². The minimum Gasteiger partial charge on any atom is -0.351 e. The number of anilines is 1. The molecule has 106 valence electrons. The highest BCUT2D eigenvalue weighted by Crippen LogP contribution is 2.22. The molecule has 1 saturated heterocycles. The molecule has 0 radical (unpaired) electrons. The van der Waals surface area contributed by atoms with Crippen LogP contribution >= 0.6 is 0 Å². The molecular weight excluding hydrogens is 243 g/mol. The molecule has 4 nitrogen and oxygen atoms in total. The zero-order valence-corrected chi connectivity index (χ0v) is 12.0. The van der Waals surface area contributed by atoms with Crippen LogP contribution in [0.2, 0.25) is 0 Å². The Balaban J connectivity index is 2.16. The predicted molar refractivity (Wildman–Crippen MR) is 75.9 cm³/mol. The van der Waals surface area contributed by atoms with E-state index < -0.39 is 0 Å². The summed E-state index contributed by atoms with van der Waals surface area (Å²) in [4.78, 5) is 8.70. The van der Waals surface area contributed by atoms with Gasteiger partial charge in [-0.1, -0.05) is 6.92 Å². The van der Waals surface area contributed by atoms with E-state index in [4.69, 9.17) is 0 Å². The zero-order chi connectivity index (χ0) is 13.8. The maximum atomic E-state index is 14.4. The van der Waals surface area contributed by atoms with Crippen molar-refractivity contribution in [1.82, 2.24) is 15.2 Å². The molecule has 1 aliphatic rings. The Kier molecular flexibility index (Phi) is 4.71. The standard InChI is InChI=1S/C14H23FN4/c1-4-18-7-8-19(10-11(18)2)14-13(15)12(9-16-3)5-6-17-14/h5-6,11,16H,4,7-10H2,1-3H3. The van der Waals surface area contributed by atoms with Crippen molar-refractivity contribution in [3.05, 3.63) is 23.6 Å². The molecule has 1 aromatic rings. The van der Waals surface area contributed by atoms with Gasteiger partial charge in [-0.05, 0) is 26.6 Å². The van der Waals surface area contributed by atoms with Crippen LogP contribution in [-0.4, -0.2) is 49.2 Å². The third-order valence-electron chi connectivity index (χ3n) is 3.79. The van der Waals surface area contributed by atoms with Gasteiger partial charge in [0.2, 0.25) is 0 Å². The number of hydrogen-bond donors (Lipinski definition) is 1. The van der Waals surface area contributed by atoms with Crippen LogP contribution in [0.3, 0.4) is 0 Å². The first-order valence-electron chi connectivity index (χ1n) is 6.94. The number of rotatable bonds is 4. The number of nitrogens with one attached hydrogen (secondary N) is 1. The summed E-state index contributed by atoms with van der Waals surface area (Å²) in [6.07, 6.45) is 1.70. The summed E-state index contributed by atoms with van der Waals surface area (Å²) < 4.78 is 14.4. The molecule has 1 aliphatic heterocycles. The van der Waals surface area contributed by atoms with Gasteiger partial charge in [0, 0.05) is 44.0 Å². The molecule has 0 spiro atoms. The number of piperazine rings is 1. The van der Waals surface area contributed by atoms with Gasteiger partial charge < -0.3 is 10.2 Å². The summed E-state index contributed by atoms with van der Waals surface area (Å²) in [5.41, 5.74) is 0.679. The van der Waals surface area contributed by atoms with Crippen LogP contribution in [-0.2, 0) is 6.54 Å². The number of halogens is 1. The molecule has 2 heterocycles. The molecule has 0 aliphatic carbocycles. The molecule has 1 fully saturated rings. The van der Waals surface area contributed by atoms with Gasteiger partial charge in [-0.3, -0.25) is 4.90 Å². The molecule has 1 atom stereocenters. The molecule has 5 heteroatoms. The van der Waals surface area contributed by atoms with Gasteiger partial charge in [0.05, 0.1) is 0 Å². The molecule has 2 rings (SSSR count). The lowest BCUT2D eigenvalue weighted by molar-refractivity contribution is 0.198. The van der Waals surface area contributed by atoms with Crippen molar-refractivity contribution < 1.29 is 4.39 Å². The van der Waals surface area contributed by atoms with E-state index in [-0.39, 0.29) is 5.82 Å². The summed E-state index contributed by atoms with van der Waals surface area (Å²) in [7, 11) is 1.82. The van der Waals surface area contributed by atoms with E-state index in [1.165, 1.54) is 0 Å². The van der Waals surface area contributed by atoms with Crippen molar-refractivity contribution >= 4 is 5.82 Å². The highest BCUT2D eigenvalue weighted by Gasteiger charge is 2.25. The van der Waals surface area contributed by atoms with Crippen molar-refractivity contribution in [3.63, 3.8) is 0 Å². The normalized spacial score (nSPS) is 20.8. The highest BCUT2D eigenvalue weighted by molar-refractivity contribution is 5.44. The van der Waals surface area contributed by atoms with Crippen LogP contribution in [0.25, 0.3) is 0 Å². The Morgan fingerprint density at radius 1 is 1.47 bits per heavy atom. The topological polar surface area (TPSA) is 31.4 Å². The smallest absolute Gasteiger partial charge is 0.170 e. The quantitative estimate of drug-likeness (QED) is 0.894. The number of aromatic nitrogens is 1. The van der Waals surface area contributed by atoms with Crippen molar-refractivity contribution in [2.45, 2.75) is 26.4 Å². The van der Waals surface area contributed by atoms with E-state index in [2.05, 4.69) is 33.9 Å².